The Bertz CT molecular complexity index is 844. The predicted molar refractivity (Wildman–Crippen MR) is 94.8 cm³/mol. The third-order valence-corrected chi connectivity index (χ3v) is 8.32. The number of carboxylic acids is 1. The highest BCUT2D eigenvalue weighted by Crippen LogP contribution is 2.41. The van der Waals surface area contributed by atoms with Crippen molar-refractivity contribution in [3.8, 4) is 11.1 Å². The maximum absolute atomic E-state index is 13.3. The molecule has 1 atom stereocenters. The summed E-state index contributed by atoms with van der Waals surface area (Å²) in [4.78, 5) is 12.0. The summed E-state index contributed by atoms with van der Waals surface area (Å²) >= 11 is 0.974. The van der Waals surface area contributed by atoms with Gasteiger partial charge in [-0.15, -0.1) is 11.8 Å². The van der Waals surface area contributed by atoms with Crippen LogP contribution < -0.4 is 5.32 Å². The number of thioether (sulfide) groups is 1. The van der Waals surface area contributed by atoms with Gasteiger partial charge in [0, 0.05) is 24.4 Å². The quantitative estimate of drug-likeness (QED) is 0.867. The Labute approximate surface area is 145 Å². The van der Waals surface area contributed by atoms with Gasteiger partial charge in [0.15, 0.2) is 0 Å². The van der Waals surface area contributed by atoms with Crippen LogP contribution in [0.4, 0.5) is 0 Å². The van der Waals surface area contributed by atoms with E-state index in [4.69, 9.17) is 0 Å². The van der Waals surface area contributed by atoms with Crippen LogP contribution >= 0.6 is 11.8 Å². The molecule has 2 N–H and O–H groups in total. The number of carboxylic acid groups (broad SMARTS) is 1. The van der Waals surface area contributed by atoms with Crippen molar-refractivity contribution in [2.45, 2.75) is 8.97 Å². The Morgan fingerprint density at radius 2 is 1.75 bits per heavy atom. The summed E-state index contributed by atoms with van der Waals surface area (Å²) in [7, 11) is -4.10. The molecule has 2 aromatic rings. The van der Waals surface area contributed by atoms with Gasteiger partial charge in [0.1, 0.15) is 0 Å². The number of aliphatic carboxylic acids is 1. The third-order valence-electron chi connectivity index (χ3n) is 3.99. The second kappa shape index (κ2) is 6.58. The first kappa shape index (κ1) is 17.0. The molecule has 0 bridgehead atoms. The maximum atomic E-state index is 13.3. The number of rotatable bonds is 4. The number of carbonyl (C=O) groups is 1. The smallest absolute Gasteiger partial charge is 0.337 e. The summed E-state index contributed by atoms with van der Waals surface area (Å²) in [5.74, 6) is -0.901. The number of hydrogen-bond donors (Lipinski definition) is 2. The van der Waals surface area contributed by atoms with Gasteiger partial charge in [0.2, 0.25) is 13.9 Å². The second-order valence-corrected chi connectivity index (χ2v) is 9.24. The first-order chi connectivity index (χ1) is 11.5. The zero-order chi connectivity index (χ0) is 17.2. The fourth-order valence-electron chi connectivity index (χ4n) is 2.75. The van der Waals surface area contributed by atoms with Gasteiger partial charge in [-0.2, -0.15) is 0 Å². The van der Waals surface area contributed by atoms with Gasteiger partial charge < -0.3 is 10.4 Å². The molecule has 1 saturated heterocycles. The van der Waals surface area contributed by atoms with Crippen LogP contribution in [-0.4, -0.2) is 42.4 Å². The summed E-state index contributed by atoms with van der Waals surface area (Å²) in [5.41, 5.74) is 1.26. The van der Waals surface area contributed by atoms with E-state index in [-0.39, 0.29) is 11.4 Å². The molecule has 0 aliphatic carbocycles. The van der Waals surface area contributed by atoms with Crippen molar-refractivity contribution in [1.82, 2.24) is 5.32 Å². The SMILES string of the molecule is O=C(O)C1(S(=O)(=O)c2ccccc2-c2ccccc2)CNCCS1. The molecule has 126 valence electrons. The molecular formula is C17H17NO4S2. The highest BCUT2D eigenvalue weighted by atomic mass is 32.3. The number of nitrogens with one attached hydrogen (secondary N) is 1. The summed E-state index contributed by atoms with van der Waals surface area (Å²) in [6, 6.07) is 15.7. The van der Waals surface area contributed by atoms with Crippen LogP contribution in [0.2, 0.25) is 0 Å². The van der Waals surface area contributed by atoms with Crippen LogP contribution in [0.1, 0.15) is 0 Å². The number of sulfone groups is 1. The number of hydrogen-bond acceptors (Lipinski definition) is 5. The Kier molecular flexibility index (Phi) is 4.67. The number of benzene rings is 2. The molecule has 5 nitrogen and oxygen atoms in total. The van der Waals surface area contributed by atoms with Crippen LogP contribution in [0.25, 0.3) is 11.1 Å². The van der Waals surface area contributed by atoms with E-state index < -0.39 is 19.9 Å². The van der Waals surface area contributed by atoms with Gasteiger partial charge in [-0.3, -0.25) is 0 Å². The molecular weight excluding hydrogens is 346 g/mol. The fraction of sp³-hybridized carbons (Fsp3) is 0.235. The van der Waals surface area contributed by atoms with Gasteiger partial charge in [0.05, 0.1) is 4.90 Å². The molecule has 1 aliphatic heterocycles. The minimum atomic E-state index is -4.10. The summed E-state index contributed by atoms with van der Waals surface area (Å²) in [6.45, 7) is 0.480. The van der Waals surface area contributed by atoms with E-state index in [0.29, 0.717) is 17.9 Å². The lowest BCUT2D eigenvalue weighted by molar-refractivity contribution is -0.137. The third kappa shape index (κ3) is 2.72. The van der Waals surface area contributed by atoms with E-state index in [9.17, 15) is 18.3 Å². The molecule has 0 amide bonds. The summed E-state index contributed by atoms with van der Waals surface area (Å²) < 4.78 is 24.7. The molecule has 1 aliphatic rings. The average Bonchev–Trinajstić information content (AvgIpc) is 2.63. The van der Waals surface area contributed by atoms with Crippen LogP contribution in [-0.2, 0) is 14.6 Å². The maximum Gasteiger partial charge on any atom is 0.337 e. The molecule has 24 heavy (non-hydrogen) atoms. The van der Waals surface area contributed by atoms with Crippen molar-refractivity contribution < 1.29 is 18.3 Å². The molecule has 3 rings (SSSR count). The van der Waals surface area contributed by atoms with Crippen LogP contribution in [0.3, 0.4) is 0 Å². The van der Waals surface area contributed by atoms with Gasteiger partial charge in [-0.1, -0.05) is 48.5 Å². The minimum absolute atomic E-state index is 0.0507. The Morgan fingerprint density at radius 1 is 1.08 bits per heavy atom. The van der Waals surface area contributed by atoms with E-state index in [1.54, 1.807) is 18.2 Å². The molecule has 0 aromatic heterocycles. The first-order valence-corrected chi connectivity index (χ1v) is 9.93. The average molecular weight is 363 g/mol. The lowest BCUT2D eigenvalue weighted by Crippen LogP contribution is -2.54. The van der Waals surface area contributed by atoms with Crippen molar-refractivity contribution >= 4 is 27.6 Å². The lowest BCUT2D eigenvalue weighted by Gasteiger charge is -2.33. The molecule has 7 heteroatoms. The second-order valence-electron chi connectivity index (χ2n) is 5.45. The highest BCUT2D eigenvalue weighted by Gasteiger charge is 2.54. The standard InChI is InChI=1S/C17H17NO4S2/c19-16(20)17(12-18-10-11-23-17)24(21,22)15-9-5-4-8-14(15)13-6-2-1-3-7-13/h1-9,18H,10-12H2,(H,19,20). The van der Waals surface area contributed by atoms with E-state index in [1.165, 1.54) is 6.07 Å². The minimum Gasteiger partial charge on any atom is -0.479 e. The molecule has 0 spiro atoms. The van der Waals surface area contributed by atoms with Crippen molar-refractivity contribution in [2.24, 2.45) is 0 Å². The predicted octanol–water partition coefficient (Wildman–Crippen LogP) is 2.24. The van der Waals surface area contributed by atoms with Crippen LogP contribution in [0.5, 0.6) is 0 Å². The largest absolute Gasteiger partial charge is 0.479 e. The molecule has 2 aromatic carbocycles. The zero-order valence-corrected chi connectivity index (χ0v) is 14.4. The Balaban J connectivity index is 2.19. The fourth-order valence-corrected chi connectivity index (χ4v) is 6.41. The van der Waals surface area contributed by atoms with Crippen molar-refractivity contribution in [3.63, 3.8) is 0 Å². The van der Waals surface area contributed by atoms with Crippen LogP contribution in [0, 0.1) is 0 Å². The summed E-state index contributed by atoms with van der Waals surface area (Å²) in [6.07, 6.45) is 0. The topological polar surface area (TPSA) is 83.5 Å². The van der Waals surface area contributed by atoms with E-state index in [0.717, 1.165) is 17.3 Å². The molecule has 0 saturated carbocycles. The molecule has 1 heterocycles. The van der Waals surface area contributed by atoms with E-state index in [2.05, 4.69) is 5.32 Å². The normalized spacial score (nSPS) is 21.3. The lowest BCUT2D eigenvalue weighted by atomic mass is 10.1. The van der Waals surface area contributed by atoms with Crippen molar-refractivity contribution in [2.75, 3.05) is 18.8 Å². The first-order valence-electron chi connectivity index (χ1n) is 7.46. The van der Waals surface area contributed by atoms with Gasteiger partial charge in [-0.05, 0) is 11.6 Å². The van der Waals surface area contributed by atoms with E-state index >= 15 is 0 Å². The van der Waals surface area contributed by atoms with Gasteiger partial charge in [-0.25, -0.2) is 13.2 Å². The van der Waals surface area contributed by atoms with Crippen molar-refractivity contribution in [1.29, 1.82) is 0 Å². The Hall–Kier alpha value is -1.83. The molecule has 1 fully saturated rings. The molecule has 0 radical (unpaired) electrons. The van der Waals surface area contributed by atoms with Crippen LogP contribution in [0.15, 0.2) is 59.5 Å². The Morgan fingerprint density at radius 3 is 2.38 bits per heavy atom. The highest BCUT2D eigenvalue weighted by molar-refractivity contribution is 8.16. The monoisotopic (exact) mass is 363 g/mol. The summed E-state index contributed by atoms with van der Waals surface area (Å²) in [5, 5.41) is 12.6. The zero-order valence-electron chi connectivity index (χ0n) is 12.8. The van der Waals surface area contributed by atoms with Crippen molar-refractivity contribution in [3.05, 3.63) is 54.6 Å². The molecule has 1 unspecified atom stereocenters. The van der Waals surface area contributed by atoms with Gasteiger partial charge >= 0.3 is 5.97 Å². The van der Waals surface area contributed by atoms with Gasteiger partial charge in [0.25, 0.3) is 0 Å². The van der Waals surface area contributed by atoms with E-state index in [1.807, 2.05) is 30.3 Å².